The minimum Gasteiger partial charge on any atom is -0.390 e. The molecule has 4 nitrogen and oxygen atoms in total. The molecular weight excluding hydrogens is 240 g/mol. The highest BCUT2D eigenvalue weighted by Crippen LogP contribution is 2.32. The Kier molecular flexibility index (Phi) is 2.58. The second-order valence-electron chi connectivity index (χ2n) is 4.36. The molecule has 0 bridgehead atoms. The van der Waals surface area contributed by atoms with Crippen LogP contribution < -0.4 is 0 Å². The fourth-order valence-electron chi connectivity index (χ4n) is 2.28. The van der Waals surface area contributed by atoms with E-state index in [0.29, 0.717) is 11.6 Å². The van der Waals surface area contributed by atoms with Crippen LogP contribution in [0.5, 0.6) is 0 Å². The van der Waals surface area contributed by atoms with Crippen LogP contribution in [-0.4, -0.2) is 26.9 Å². The highest BCUT2D eigenvalue weighted by molar-refractivity contribution is 6.34. The molecule has 1 saturated heterocycles. The summed E-state index contributed by atoms with van der Waals surface area (Å²) in [6, 6.07) is 3.82. The van der Waals surface area contributed by atoms with Crippen LogP contribution >= 0.6 is 11.6 Å². The van der Waals surface area contributed by atoms with Crippen molar-refractivity contribution in [2.75, 3.05) is 0 Å². The molecule has 1 fully saturated rings. The zero-order valence-electron chi connectivity index (χ0n) is 9.38. The molecule has 3 heterocycles. The van der Waals surface area contributed by atoms with Gasteiger partial charge in [-0.05, 0) is 19.1 Å². The van der Waals surface area contributed by atoms with Crippen molar-refractivity contribution in [2.24, 2.45) is 0 Å². The topological polar surface area (TPSA) is 47.3 Å². The number of rotatable bonds is 1. The lowest BCUT2D eigenvalue weighted by molar-refractivity contribution is -0.00586. The zero-order chi connectivity index (χ0) is 12.0. The molecule has 0 unspecified atom stereocenters. The molecule has 0 aliphatic carbocycles. The van der Waals surface area contributed by atoms with E-state index in [0.717, 1.165) is 10.9 Å². The lowest BCUT2D eigenvalue weighted by Crippen LogP contribution is -2.15. The first kappa shape index (κ1) is 11.0. The van der Waals surface area contributed by atoms with E-state index in [-0.39, 0.29) is 12.3 Å². The fourth-order valence-corrected chi connectivity index (χ4v) is 2.49. The summed E-state index contributed by atoms with van der Waals surface area (Å²) in [7, 11) is 0. The molecule has 0 radical (unpaired) electrons. The van der Waals surface area contributed by atoms with Crippen LogP contribution in [0.1, 0.15) is 19.6 Å². The first-order chi connectivity index (χ1) is 8.16. The standard InChI is InChI=1S/C12H13ClN2O2/c1-7-10(16)6-11(17-7)15-5-3-8-9(15)2-4-14-12(8)13/h2-5,7,10-11,16H,6H2,1H3/t7-,10+,11-/m1/s1. The Balaban J connectivity index is 2.04. The molecule has 90 valence electrons. The van der Waals surface area contributed by atoms with Crippen LogP contribution in [0.15, 0.2) is 24.5 Å². The second kappa shape index (κ2) is 3.98. The molecule has 0 aromatic carbocycles. The normalized spacial score (nSPS) is 29.0. The van der Waals surface area contributed by atoms with Gasteiger partial charge in [-0.15, -0.1) is 0 Å². The summed E-state index contributed by atoms with van der Waals surface area (Å²) in [6.45, 7) is 1.88. The molecule has 0 saturated carbocycles. The second-order valence-corrected chi connectivity index (χ2v) is 4.71. The van der Waals surface area contributed by atoms with Gasteiger partial charge in [0.1, 0.15) is 11.4 Å². The molecule has 3 atom stereocenters. The highest BCUT2D eigenvalue weighted by Gasteiger charge is 2.32. The van der Waals surface area contributed by atoms with E-state index in [9.17, 15) is 5.11 Å². The Hall–Kier alpha value is -1.10. The molecule has 3 rings (SSSR count). The number of nitrogens with zero attached hydrogens (tertiary/aromatic N) is 2. The molecule has 1 aliphatic rings. The van der Waals surface area contributed by atoms with Crippen molar-refractivity contribution in [1.82, 2.24) is 9.55 Å². The lowest BCUT2D eigenvalue weighted by atomic mass is 10.2. The molecule has 0 amide bonds. The monoisotopic (exact) mass is 252 g/mol. The van der Waals surface area contributed by atoms with E-state index in [4.69, 9.17) is 16.3 Å². The van der Waals surface area contributed by atoms with Crippen LogP contribution in [0.25, 0.3) is 10.9 Å². The summed E-state index contributed by atoms with van der Waals surface area (Å²) < 4.78 is 7.71. The van der Waals surface area contributed by atoms with Crippen molar-refractivity contribution >= 4 is 22.5 Å². The number of halogens is 1. The minimum absolute atomic E-state index is 0.129. The summed E-state index contributed by atoms with van der Waals surface area (Å²) in [5, 5.41) is 11.1. The number of aliphatic hydroxyl groups excluding tert-OH is 1. The van der Waals surface area contributed by atoms with Gasteiger partial charge in [0.25, 0.3) is 0 Å². The first-order valence-electron chi connectivity index (χ1n) is 5.61. The maximum absolute atomic E-state index is 9.72. The summed E-state index contributed by atoms with van der Waals surface area (Å²) in [5.41, 5.74) is 0.983. The third kappa shape index (κ3) is 1.73. The Morgan fingerprint density at radius 1 is 1.53 bits per heavy atom. The van der Waals surface area contributed by atoms with Crippen molar-refractivity contribution < 1.29 is 9.84 Å². The Morgan fingerprint density at radius 2 is 2.35 bits per heavy atom. The molecule has 0 spiro atoms. The predicted molar refractivity (Wildman–Crippen MR) is 65.0 cm³/mol. The van der Waals surface area contributed by atoms with Crippen LogP contribution in [0.2, 0.25) is 5.15 Å². The minimum atomic E-state index is -0.408. The van der Waals surface area contributed by atoms with Crippen molar-refractivity contribution in [3.05, 3.63) is 29.7 Å². The van der Waals surface area contributed by atoms with Gasteiger partial charge >= 0.3 is 0 Å². The van der Waals surface area contributed by atoms with Gasteiger partial charge in [-0.2, -0.15) is 0 Å². The van der Waals surface area contributed by atoms with E-state index >= 15 is 0 Å². The third-order valence-corrected chi connectivity index (χ3v) is 3.57. The van der Waals surface area contributed by atoms with E-state index in [1.54, 1.807) is 6.20 Å². The summed E-state index contributed by atoms with van der Waals surface area (Å²) in [6.07, 6.45) is 3.54. The van der Waals surface area contributed by atoms with Crippen molar-refractivity contribution in [1.29, 1.82) is 0 Å². The Morgan fingerprint density at radius 3 is 3.06 bits per heavy atom. The van der Waals surface area contributed by atoms with Crippen LogP contribution in [0.3, 0.4) is 0 Å². The van der Waals surface area contributed by atoms with Crippen molar-refractivity contribution in [3.63, 3.8) is 0 Å². The van der Waals surface area contributed by atoms with E-state index < -0.39 is 6.10 Å². The van der Waals surface area contributed by atoms with Crippen LogP contribution in [0.4, 0.5) is 0 Å². The molecule has 2 aromatic heterocycles. The van der Waals surface area contributed by atoms with Crippen molar-refractivity contribution in [3.8, 4) is 0 Å². The SMILES string of the molecule is C[C@H]1O[C@@H](n2ccc3c(Cl)nccc32)C[C@@H]1O. The van der Waals surface area contributed by atoms with Gasteiger partial charge in [0, 0.05) is 24.2 Å². The van der Waals surface area contributed by atoms with Gasteiger partial charge in [0.2, 0.25) is 0 Å². The third-order valence-electron chi connectivity index (χ3n) is 3.27. The van der Waals surface area contributed by atoms with Gasteiger partial charge in [-0.25, -0.2) is 4.98 Å². The summed E-state index contributed by atoms with van der Waals surface area (Å²) >= 11 is 6.02. The lowest BCUT2D eigenvalue weighted by Gasteiger charge is -2.14. The predicted octanol–water partition coefficient (Wildman–Crippen LogP) is 2.36. The molecule has 5 heteroatoms. The molecular formula is C12H13ClN2O2. The average molecular weight is 253 g/mol. The quantitative estimate of drug-likeness (QED) is 0.793. The molecule has 17 heavy (non-hydrogen) atoms. The van der Waals surface area contributed by atoms with E-state index in [2.05, 4.69) is 4.98 Å². The summed E-state index contributed by atoms with van der Waals surface area (Å²) in [4.78, 5) is 4.04. The van der Waals surface area contributed by atoms with Crippen LogP contribution in [-0.2, 0) is 4.74 Å². The fraction of sp³-hybridized carbons (Fsp3) is 0.417. The first-order valence-corrected chi connectivity index (χ1v) is 5.99. The van der Waals surface area contributed by atoms with Gasteiger partial charge < -0.3 is 14.4 Å². The van der Waals surface area contributed by atoms with Crippen LogP contribution in [0, 0.1) is 0 Å². The largest absolute Gasteiger partial charge is 0.390 e. The molecule has 1 N–H and O–H groups in total. The van der Waals surface area contributed by atoms with Gasteiger partial charge in [0.15, 0.2) is 0 Å². The van der Waals surface area contributed by atoms with Gasteiger partial charge in [-0.3, -0.25) is 0 Å². The molecule has 2 aromatic rings. The number of aromatic nitrogens is 2. The number of hydrogen-bond donors (Lipinski definition) is 1. The maximum Gasteiger partial charge on any atom is 0.138 e. The Labute approximate surface area is 104 Å². The maximum atomic E-state index is 9.72. The van der Waals surface area contributed by atoms with E-state index in [1.165, 1.54) is 0 Å². The number of hydrogen-bond acceptors (Lipinski definition) is 3. The Bertz CT molecular complexity index is 544. The smallest absolute Gasteiger partial charge is 0.138 e. The number of pyridine rings is 1. The van der Waals surface area contributed by atoms with E-state index in [1.807, 2.05) is 29.8 Å². The van der Waals surface area contributed by atoms with Gasteiger partial charge in [0.05, 0.1) is 17.7 Å². The molecule has 1 aliphatic heterocycles. The number of aliphatic hydroxyl groups is 1. The van der Waals surface area contributed by atoms with Crippen molar-refractivity contribution in [2.45, 2.75) is 31.8 Å². The average Bonchev–Trinajstić information content (AvgIpc) is 2.85. The number of ether oxygens (including phenoxy) is 1. The zero-order valence-corrected chi connectivity index (χ0v) is 10.1. The van der Waals surface area contributed by atoms with Gasteiger partial charge in [-0.1, -0.05) is 11.6 Å². The number of fused-ring (bicyclic) bond motifs is 1. The summed E-state index contributed by atoms with van der Waals surface area (Å²) in [5.74, 6) is 0. The highest BCUT2D eigenvalue weighted by atomic mass is 35.5.